The lowest BCUT2D eigenvalue weighted by Crippen LogP contribution is -2.46. The van der Waals surface area contributed by atoms with Crippen LogP contribution in [0.4, 0.5) is 4.79 Å². The molecule has 0 spiro atoms. The van der Waals surface area contributed by atoms with Crippen molar-refractivity contribution in [1.82, 2.24) is 9.80 Å². The summed E-state index contributed by atoms with van der Waals surface area (Å²) in [7, 11) is 0. The molecule has 2 heterocycles. The van der Waals surface area contributed by atoms with Crippen molar-refractivity contribution in [1.29, 1.82) is 0 Å². The molecule has 0 aliphatic carbocycles. The minimum atomic E-state index is -0.819. The minimum absolute atomic E-state index is 0.0395. The van der Waals surface area contributed by atoms with Gasteiger partial charge in [-0.15, -0.1) is 11.8 Å². The summed E-state index contributed by atoms with van der Waals surface area (Å²) in [6.45, 7) is 0.454. The Morgan fingerprint density at radius 1 is 1.06 bits per heavy atom. The lowest BCUT2D eigenvalue weighted by molar-refractivity contribution is -0.137. The smallest absolute Gasteiger partial charge is 0.322 e. The molecule has 2 aromatic rings. The van der Waals surface area contributed by atoms with Gasteiger partial charge in [-0.25, -0.2) is 4.79 Å². The monoisotopic (exact) mass is 440 g/mol. The number of nitrogens with zero attached hydrogens (tertiary/aromatic N) is 2. The number of hydrogen-bond acceptors (Lipinski definition) is 4. The van der Waals surface area contributed by atoms with Gasteiger partial charge in [0.2, 0.25) is 0 Å². The Hall–Kier alpha value is -2.51. The Balaban J connectivity index is 1.55. The van der Waals surface area contributed by atoms with Crippen LogP contribution in [-0.2, 0) is 11.3 Å². The molecule has 4 atom stereocenters. The molecule has 2 amide bonds. The van der Waals surface area contributed by atoms with Gasteiger partial charge in [-0.2, -0.15) is 0 Å². The predicted octanol–water partition coefficient (Wildman–Crippen LogP) is 4.11. The lowest BCUT2D eigenvalue weighted by atomic mass is 9.97. The lowest BCUT2D eigenvalue weighted by Gasteiger charge is -2.30. The molecule has 6 nitrogen and oxygen atoms in total. The molecular formula is C24H28N2O4S. The molecule has 4 rings (SSSR count). The van der Waals surface area contributed by atoms with Crippen LogP contribution < -0.4 is 0 Å². The fraction of sp³-hybridized carbons (Fsp3) is 0.417. The Morgan fingerprint density at radius 2 is 1.74 bits per heavy atom. The van der Waals surface area contributed by atoms with Crippen LogP contribution in [0.1, 0.15) is 42.2 Å². The van der Waals surface area contributed by atoms with Gasteiger partial charge in [0.05, 0.1) is 18.2 Å². The Morgan fingerprint density at radius 3 is 2.42 bits per heavy atom. The Bertz CT molecular complexity index is 895. The van der Waals surface area contributed by atoms with Crippen molar-refractivity contribution in [2.24, 2.45) is 0 Å². The average Bonchev–Trinajstić information content (AvgIpc) is 3.32. The minimum Gasteiger partial charge on any atom is -0.481 e. The van der Waals surface area contributed by atoms with Crippen molar-refractivity contribution in [2.45, 2.75) is 55.8 Å². The molecule has 0 bridgehead atoms. The van der Waals surface area contributed by atoms with Crippen molar-refractivity contribution < 1.29 is 19.8 Å². The highest BCUT2D eigenvalue weighted by Gasteiger charge is 2.54. The number of carboxylic acid groups (broad SMARTS) is 1. The van der Waals surface area contributed by atoms with E-state index >= 15 is 0 Å². The number of aliphatic hydroxyl groups is 1. The molecule has 2 N–H and O–H groups in total. The molecule has 2 fully saturated rings. The van der Waals surface area contributed by atoms with Gasteiger partial charge in [0.15, 0.2) is 0 Å². The van der Waals surface area contributed by atoms with Crippen LogP contribution in [0.3, 0.4) is 0 Å². The summed E-state index contributed by atoms with van der Waals surface area (Å²) in [5.74, 6) is -0.0479. The fourth-order valence-electron chi connectivity index (χ4n) is 4.61. The molecule has 164 valence electrons. The first kappa shape index (κ1) is 21.7. The van der Waals surface area contributed by atoms with Crippen LogP contribution in [0.5, 0.6) is 0 Å². The number of amides is 2. The van der Waals surface area contributed by atoms with Gasteiger partial charge < -0.3 is 20.0 Å². The second-order valence-electron chi connectivity index (χ2n) is 8.16. The van der Waals surface area contributed by atoms with Gasteiger partial charge in [0.1, 0.15) is 5.37 Å². The molecule has 0 saturated carbocycles. The zero-order valence-electron chi connectivity index (χ0n) is 17.3. The first-order valence-corrected chi connectivity index (χ1v) is 11.8. The molecule has 1 unspecified atom stereocenters. The maximum absolute atomic E-state index is 13.6. The van der Waals surface area contributed by atoms with Crippen LogP contribution in [-0.4, -0.2) is 56.0 Å². The van der Waals surface area contributed by atoms with Crippen molar-refractivity contribution >= 4 is 23.8 Å². The third-order valence-electron chi connectivity index (χ3n) is 6.07. The van der Waals surface area contributed by atoms with Crippen LogP contribution >= 0.6 is 11.8 Å². The van der Waals surface area contributed by atoms with Gasteiger partial charge in [-0.05, 0) is 24.0 Å². The first-order chi connectivity index (χ1) is 15.1. The van der Waals surface area contributed by atoms with Crippen LogP contribution in [0.2, 0.25) is 0 Å². The number of unbranched alkanes of at least 4 members (excludes halogenated alkanes) is 1. The maximum atomic E-state index is 13.6. The summed E-state index contributed by atoms with van der Waals surface area (Å²) in [5, 5.41) is 19.9. The van der Waals surface area contributed by atoms with Gasteiger partial charge in [-0.3, -0.25) is 4.79 Å². The molecular weight excluding hydrogens is 412 g/mol. The number of carboxylic acids is 1. The number of rotatable bonds is 9. The number of urea groups is 1. The molecule has 0 aromatic heterocycles. The van der Waals surface area contributed by atoms with Gasteiger partial charge >= 0.3 is 12.0 Å². The number of aliphatic carboxylic acids is 1. The summed E-state index contributed by atoms with van der Waals surface area (Å²) < 4.78 is 0. The van der Waals surface area contributed by atoms with Crippen molar-refractivity contribution in [3.63, 3.8) is 0 Å². The van der Waals surface area contributed by atoms with Crippen molar-refractivity contribution in [3.05, 3.63) is 71.8 Å². The highest BCUT2D eigenvalue weighted by Crippen LogP contribution is 2.48. The summed E-state index contributed by atoms with van der Waals surface area (Å²) in [5.41, 5.74) is 2.13. The molecule has 7 heteroatoms. The first-order valence-electron chi connectivity index (χ1n) is 10.8. The molecule has 2 aromatic carbocycles. The zero-order valence-corrected chi connectivity index (χ0v) is 18.2. The van der Waals surface area contributed by atoms with Crippen LogP contribution in [0.15, 0.2) is 60.7 Å². The van der Waals surface area contributed by atoms with E-state index in [-0.39, 0.29) is 29.9 Å². The second-order valence-corrected chi connectivity index (χ2v) is 9.28. The molecule has 31 heavy (non-hydrogen) atoms. The van der Waals surface area contributed by atoms with E-state index in [1.165, 1.54) is 0 Å². The molecule has 2 aliphatic heterocycles. The predicted molar refractivity (Wildman–Crippen MR) is 121 cm³/mol. The normalized spacial score (nSPS) is 23.8. The van der Waals surface area contributed by atoms with E-state index in [4.69, 9.17) is 5.11 Å². The van der Waals surface area contributed by atoms with Gasteiger partial charge in [-0.1, -0.05) is 67.1 Å². The largest absolute Gasteiger partial charge is 0.481 e. The third-order valence-corrected chi connectivity index (χ3v) is 7.42. The third kappa shape index (κ3) is 4.72. The number of thioether (sulfide) groups is 1. The number of aliphatic hydroxyl groups excluding tert-OH is 1. The van der Waals surface area contributed by atoms with Crippen LogP contribution in [0.25, 0.3) is 0 Å². The van der Waals surface area contributed by atoms with Gasteiger partial charge in [0, 0.05) is 18.7 Å². The van der Waals surface area contributed by atoms with E-state index < -0.39 is 12.1 Å². The highest BCUT2D eigenvalue weighted by atomic mass is 32.2. The Labute approximate surface area is 186 Å². The molecule has 2 aliphatic rings. The van der Waals surface area contributed by atoms with E-state index in [2.05, 4.69) is 0 Å². The average molecular weight is 441 g/mol. The quantitative estimate of drug-likeness (QED) is 0.574. The maximum Gasteiger partial charge on any atom is 0.322 e. The summed E-state index contributed by atoms with van der Waals surface area (Å²) in [4.78, 5) is 28.1. The summed E-state index contributed by atoms with van der Waals surface area (Å²) in [6.07, 6.45) is 1.06. The van der Waals surface area contributed by atoms with Gasteiger partial charge in [0.25, 0.3) is 0 Å². The number of carbonyl (C=O) groups is 2. The Kier molecular flexibility index (Phi) is 6.83. The van der Waals surface area contributed by atoms with Crippen LogP contribution in [0, 0.1) is 0 Å². The second kappa shape index (κ2) is 9.75. The van der Waals surface area contributed by atoms with Crippen molar-refractivity contribution in [3.8, 4) is 0 Å². The SMILES string of the molecule is O=C(O)CCCCC(O)[C@H]1[C@@H]2CS[C@@H](c3ccccc3)N2C(=O)N1Cc1ccccc1. The fourth-order valence-corrected chi connectivity index (χ4v) is 6.10. The molecule has 0 radical (unpaired) electrons. The highest BCUT2D eigenvalue weighted by molar-refractivity contribution is 7.99. The topological polar surface area (TPSA) is 81.1 Å². The van der Waals surface area contributed by atoms with E-state index in [0.717, 1.165) is 16.9 Å². The number of fused-ring (bicyclic) bond motifs is 1. The van der Waals surface area contributed by atoms with E-state index in [0.29, 0.717) is 25.8 Å². The zero-order chi connectivity index (χ0) is 21.8. The number of carbonyl (C=O) groups excluding carboxylic acids is 1. The van der Waals surface area contributed by atoms with E-state index in [1.54, 1.807) is 11.8 Å². The number of hydrogen-bond donors (Lipinski definition) is 2. The van der Waals surface area contributed by atoms with E-state index in [1.807, 2.05) is 70.5 Å². The van der Waals surface area contributed by atoms with Crippen molar-refractivity contribution in [2.75, 3.05) is 5.75 Å². The number of benzene rings is 2. The summed E-state index contributed by atoms with van der Waals surface area (Å²) >= 11 is 1.74. The summed E-state index contributed by atoms with van der Waals surface area (Å²) in [6, 6.07) is 19.5. The van der Waals surface area contributed by atoms with E-state index in [9.17, 15) is 14.7 Å². The standard InChI is InChI=1S/C24H28N2O4S/c27-20(13-7-8-14-21(28)29)22-19-16-31-23(18-11-5-2-6-12-18)26(19)24(30)25(22)15-17-9-3-1-4-10-17/h1-6,9-12,19-20,22-23,27H,7-8,13-16H2,(H,28,29)/t19-,20?,22+,23-/m0/s1. The molecule has 2 saturated heterocycles.